The first kappa shape index (κ1) is 14.5. The SMILES string of the molecule is O=C(O)c1cc(Cl)cc(-c2cc(Cl)c(Cl)c(Cl)c2)c1. The van der Waals surface area contributed by atoms with Gasteiger partial charge in [0.15, 0.2) is 0 Å². The molecule has 2 rings (SSSR count). The van der Waals surface area contributed by atoms with Gasteiger partial charge in [-0.2, -0.15) is 0 Å². The zero-order valence-electron chi connectivity index (χ0n) is 9.25. The van der Waals surface area contributed by atoms with Crippen LogP contribution in [0.25, 0.3) is 11.1 Å². The lowest BCUT2D eigenvalue weighted by Gasteiger charge is -2.07. The second kappa shape index (κ2) is 5.59. The molecule has 2 aromatic rings. The third-order valence-electron chi connectivity index (χ3n) is 2.46. The smallest absolute Gasteiger partial charge is 0.335 e. The lowest BCUT2D eigenvalue weighted by atomic mass is 10.0. The van der Waals surface area contributed by atoms with E-state index < -0.39 is 5.97 Å². The van der Waals surface area contributed by atoms with E-state index in [1.807, 2.05) is 0 Å². The number of rotatable bonds is 2. The molecule has 1 N–H and O–H groups in total. The van der Waals surface area contributed by atoms with E-state index in [1.54, 1.807) is 18.2 Å². The fourth-order valence-electron chi connectivity index (χ4n) is 1.60. The van der Waals surface area contributed by atoms with E-state index in [0.717, 1.165) is 0 Å². The molecule has 0 saturated carbocycles. The third-order valence-corrected chi connectivity index (χ3v) is 3.88. The van der Waals surface area contributed by atoms with Gasteiger partial charge in [-0.1, -0.05) is 46.4 Å². The molecule has 19 heavy (non-hydrogen) atoms. The van der Waals surface area contributed by atoms with E-state index in [1.165, 1.54) is 12.1 Å². The largest absolute Gasteiger partial charge is 0.478 e. The molecule has 0 atom stereocenters. The minimum absolute atomic E-state index is 0.0877. The highest BCUT2D eigenvalue weighted by molar-refractivity contribution is 6.48. The van der Waals surface area contributed by atoms with Crippen LogP contribution in [0.3, 0.4) is 0 Å². The average molecular weight is 336 g/mol. The van der Waals surface area contributed by atoms with Crippen molar-refractivity contribution >= 4 is 52.4 Å². The fraction of sp³-hybridized carbons (Fsp3) is 0. The van der Waals surface area contributed by atoms with Gasteiger partial charge in [-0.25, -0.2) is 4.79 Å². The summed E-state index contributed by atoms with van der Waals surface area (Å²) in [5.41, 5.74) is 1.33. The minimum Gasteiger partial charge on any atom is -0.478 e. The molecule has 0 fully saturated rings. The second-order valence-electron chi connectivity index (χ2n) is 3.79. The van der Waals surface area contributed by atoms with Crippen molar-refractivity contribution in [2.24, 2.45) is 0 Å². The van der Waals surface area contributed by atoms with Crippen LogP contribution in [0.2, 0.25) is 20.1 Å². The first-order valence-electron chi connectivity index (χ1n) is 5.07. The molecule has 6 heteroatoms. The van der Waals surface area contributed by atoms with Crippen LogP contribution < -0.4 is 0 Å². The van der Waals surface area contributed by atoms with Gasteiger partial charge >= 0.3 is 5.97 Å². The normalized spacial score (nSPS) is 10.5. The van der Waals surface area contributed by atoms with Gasteiger partial charge in [0.2, 0.25) is 0 Å². The topological polar surface area (TPSA) is 37.3 Å². The summed E-state index contributed by atoms with van der Waals surface area (Å²) in [6, 6.07) is 7.70. The molecule has 98 valence electrons. The summed E-state index contributed by atoms with van der Waals surface area (Å²) in [7, 11) is 0. The summed E-state index contributed by atoms with van der Waals surface area (Å²) in [4.78, 5) is 11.0. The molecule has 2 aromatic carbocycles. The fourth-order valence-corrected chi connectivity index (χ4v) is 2.43. The first-order chi connectivity index (χ1) is 8.88. The number of halogens is 4. The number of carboxylic acids is 1. The number of hydrogen-bond acceptors (Lipinski definition) is 1. The summed E-state index contributed by atoms with van der Waals surface area (Å²) < 4.78 is 0. The van der Waals surface area contributed by atoms with E-state index in [-0.39, 0.29) is 10.6 Å². The maximum atomic E-state index is 11.0. The van der Waals surface area contributed by atoms with Crippen LogP contribution in [0.15, 0.2) is 30.3 Å². The molecule has 0 unspecified atom stereocenters. The number of carboxylic acid groups (broad SMARTS) is 1. The first-order valence-corrected chi connectivity index (χ1v) is 6.58. The second-order valence-corrected chi connectivity index (χ2v) is 5.42. The van der Waals surface area contributed by atoms with Crippen molar-refractivity contribution in [1.29, 1.82) is 0 Å². The molecule has 0 bridgehead atoms. The molecular weight excluding hydrogens is 330 g/mol. The molecule has 0 aromatic heterocycles. The van der Waals surface area contributed by atoms with Crippen molar-refractivity contribution in [3.05, 3.63) is 56.0 Å². The predicted octanol–water partition coefficient (Wildman–Crippen LogP) is 5.67. The molecule has 0 aliphatic rings. The number of hydrogen-bond donors (Lipinski definition) is 1. The molecule has 2 nitrogen and oxygen atoms in total. The molecule has 0 radical (unpaired) electrons. The van der Waals surface area contributed by atoms with Crippen LogP contribution in [0, 0.1) is 0 Å². The van der Waals surface area contributed by atoms with Crippen LogP contribution in [0.5, 0.6) is 0 Å². The number of benzene rings is 2. The number of aromatic carboxylic acids is 1. The Balaban J connectivity index is 2.62. The van der Waals surface area contributed by atoms with E-state index in [2.05, 4.69) is 0 Å². The Morgan fingerprint density at radius 3 is 1.89 bits per heavy atom. The van der Waals surface area contributed by atoms with Crippen LogP contribution in [-0.4, -0.2) is 11.1 Å². The molecule has 0 amide bonds. The Kier molecular flexibility index (Phi) is 4.26. The Bertz CT molecular complexity index is 645. The van der Waals surface area contributed by atoms with Gasteiger partial charge in [0.25, 0.3) is 0 Å². The van der Waals surface area contributed by atoms with Crippen molar-refractivity contribution in [2.75, 3.05) is 0 Å². The van der Waals surface area contributed by atoms with Crippen molar-refractivity contribution < 1.29 is 9.90 Å². The van der Waals surface area contributed by atoms with Gasteiger partial charge in [-0.15, -0.1) is 0 Å². The summed E-state index contributed by atoms with van der Waals surface area (Å²) >= 11 is 23.7. The van der Waals surface area contributed by atoms with Crippen molar-refractivity contribution in [3.63, 3.8) is 0 Å². The summed E-state index contributed by atoms with van der Waals surface area (Å²) in [6.45, 7) is 0. The highest BCUT2D eigenvalue weighted by atomic mass is 35.5. The summed E-state index contributed by atoms with van der Waals surface area (Å²) in [5.74, 6) is -1.06. The molecule has 0 aliphatic heterocycles. The van der Waals surface area contributed by atoms with Gasteiger partial charge < -0.3 is 5.11 Å². The van der Waals surface area contributed by atoms with Crippen LogP contribution in [-0.2, 0) is 0 Å². The molecule has 0 heterocycles. The van der Waals surface area contributed by atoms with Gasteiger partial charge in [-0.05, 0) is 41.5 Å². The standard InChI is InChI=1S/C13H6Cl4O2/c14-9-2-6(1-8(3-9)13(18)19)7-4-10(15)12(17)11(16)5-7/h1-5H,(H,18,19). The maximum Gasteiger partial charge on any atom is 0.335 e. The van der Waals surface area contributed by atoms with Crippen LogP contribution in [0.1, 0.15) is 10.4 Å². The highest BCUT2D eigenvalue weighted by Crippen LogP contribution is 2.36. The zero-order valence-corrected chi connectivity index (χ0v) is 12.3. The van der Waals surface area contributed by atoms with Crippen molar-refractivity contribution in [3.8, 4) is 11.1 Å². The molecule has 0 saturated heterocycles. The highest BCUT2D eigenvalue weighted by Gasteiger charge is 2.11. The van der Waals surface area contributed by atoms with E-state index >= 15 is 0 Å². The lowest BCUT2D eigenvalue weighted by Crippen LogP contribution is -1.96. The van der Waals surface area contributed by atoms with Gasteiger partial charge in [0.1, 0.15) is 0 Å². The summed E-state index contributed by atoms with van der Waals surface area (Å²) in [5, 5.41) is 10.2. The average Bonchev–Trinajstić information content (AvgIpc) is 2.34. The monoisotopic (exact) mass is 334 g/mol. The Morgan fingerprint density at radius 1 is 0.842 bits per heavy atom. The van der Waals surface area contributed by atoms with Crippen molar-refractivity contribution in [1.82, 2.24) is 0 Å². The Morgan fingerprint density at radius 2 is 1.37 bits per heavy atom. The van der Waals surface area contributed by atoms with Gasteiger partial charge in [0, 0.05) is 5.02 Å². The zero-order chi connectivity index (χ0) is 14.2. The van der Waals surface area contributed by atoms with Crippen molar-refractivity contribution in [2.45, 2.75) is 0 Å². The molecule has 0 aliphatic carbocycles. The van der Waals surface area contributed by atoms with E-state index in [9.17, 15) is 4.79 Å². The Hall–Kier alpha value is -0.930. The summed E-state index contributed by atoms with van der Waals surface area (Å²) in [6.07, 6.45) is 0. The molecule has 0 spiro atoms. The number of carbonyl (C=O) groups is 1. The quantitative estimate of drug-likeness (QED) is 0.718. The third kappa shape index (κ3) is 3.15. The van der Waals surface area contributed by atoms with Gasteiger partial charge in [0.05, 0.1) is 20.6 Å². The van der Waals surface area contributed by atoms with E-state index in [0.29, 0.717) is 26.2 Å². The molecular formula is C13H6Cl4O2. The lowest BCUT2D eigenvalue weighted by molar-refractivity contribution is 0.0697. The predicted molar refractivity (Wildman–Crippen MR) is 78.9 cm³/mol. The van der Waals surface area contributed by atoms with Crippen LogP contribution >= 0.6 is 46.4 Å². The van der Waals surface area contributed by atoms with Gasteiger partial charge in [-0.3, -0.25) is 0 Å². The Labute approximate surface area is 129 Å². The van der Waals surface area contributed by atoms with Crippen LogP contribution in [0.4, 0.5) is 0 Å². The minimum atomic E-state index is -1.06. The van der Waals surface area contributed by atoms with E-state index in [4.69, 9.17) is 51.5 Å². The maximum absolute atomic E-state index is 11.0.